The van der Waals surface area contributed by atoms with E-state index in [2.05, 4.69) is 11.9 Å². The molecule has 1 N–H and O–H groups in total. The van der Waals surface area contributed by atoms with Gasteiger partial charge >= 0.3 is 0 Å². The number of phenolic OH excluding ortho intramolecular Hbond substituents is 1. The highest BCUT2D eigenvalue weighted by Crippen LogP contribution is 2.23. The van der Waals surface area contributed by atoms with Crippen molar-refractivity contribution in [2.75, 3.05) is 0 Å². The second-order valence-corrected chi connectivity index (χ2v) is 4.20. The Kier molecular flexibility index (Phi) is 4.13. The second kappa shape index (κ2) is 6.01. The Balaban J connectivity index is 2.24. The van der Waals surface area contributed by atoms with Crippen molar-refractivity contribution in [2.45, 2.75) is 19.8 Å². The third-order valence-corrected chi connectivity index (χ3v) is 2.78. The number of aliphatic imine (C=N–C) groups is 1. The predicted octanol–water partition coefficient (Wildman–Crippen LogP) is 4.10. The lowest BCUT2D eigenvalue weighted by molar-refractivity contribution is 0.467. The van der Waals surface area contributed by atoms with Crippen LogP contribution in [0.15, 0.2) is 53.5 Å². The average molecular weight is 239 g/mol. The average Bonchev–Trinajstić information content (AvgIpc) is 2.41. The molecule has 0 unspecified atom stereocenters. The van der Waals surface area contributed by atoms with E-state index in [-0.39, 0.29) is 0 Å². The number of para-hydroxylation sites is 2. The first-order chi connectivity index (χ1) is 8.81. The van der Waals surface area contributed by atoms with Crippen LogP contribution in [0, 0.1) is 0 Å². The molecule has 2 rings (SSSR count). The Hall–Kier alpha value is -2.09. The molecule has 0 radical (unpaired) electrons. The van der Waals surface area contributed by atoms with E-state index in [4.69, 9.17) is 0 Å². The topological polar surface area (TPSA) is 32.6 Å². The molecule has 0 amide bonds. The lowest BCUT2D eigenvalue weighted by atomic mass is 10.1. The third-order valence-electron chi connectivity index (χ3n) is 2.78. The molecule has 0 aliphatic rings. The van der Waals surface area contributed by atoms with E-state index in [9.17, 15) is 5.11 Å². The van der Waals surface area contributed by atoms with Gasteiger partial charge in [-0.15, -0.1) is 0 Å². The zero-order valence-electron chi connectivity index (χ0n) is 10.5. The fourth-order valence-electron chi connectivity index (χ4n) is 1.84. The van der Waals surface area contributed by atoms with E-state index in [1.807, 2.05) is 48.5 Å². The first-order valence-corrected chi connectivity index (χ1v) is 6.21. The van der Waals surface area contributed by atoms with Gasteiger partial charge in [0.2, 0.25) is 0 Å². The van der Waals surface area contributed by atoms with Crippen molar-refractivity contribution in [3.63, 3.8) is 0 Å². The Bertz CT molecular complexity index is 532. The van der Waals surface area contributed by atoms with Crippen LogP contribution < -0.4 is 0 Å². The van der Waals surface area contributed by atoms with Crippen molar-refractivity contribution in [3.05, 3.63) is 59.7 Å². The summed E-state index contributed by atoms with van der Waals surface area (Å²) in [5, 5.41) is 10.1. The Morgan fingerprint density at radius 2 is 1.83 bits per heavy atom. The number of hydrogen-bond acceptors (Lipinski definition) is 2. The van der Waals surface area contributed by atoms with E-state index < -0.39 is 0 Å². The van der Waals surface area contributed by atoms with Gasteiger partial charge in [0.15, 0.2) is 0 Å². The van der Waals surface area contributed by atoms with Crippen LogP contribution in [0.25, 0.3) is 0 Å². The van der Waals surface area contributed by atoms with E-state index in [1.54, 1.807) is 6.21 Å². The molecule has 0 spiro atoms. The first kappa shape index (κ1) is 12.4. The monoisotopic (exact) mass is 239 g/mol. The minimum absolute atomic E-state index is 0.346. The quantitative estimate of drug-likeness (QED) is 0.801. The summed E-state index contributed by atoms with van der Waals surface area (Å²) in [4.78, 5) is 4.35. The van der Waals surface area contributed by atoms with Crippen LogP contribution in [-0.2, 0) is 6.42 Å². The number of benzene rings is 2. The number of rotatable bonds is 4. The van der Waals surface area contributed by atoms with Gasteiger partial charge in [0.05, 0.1) is 5.69 Å². The van der Waals surface area contributed by atoms with E-state index >= 15 is 0 Å². The van der Waals surface area contributed by atoms with Crippen molar-refractivity contribution in [1.29, 1.82) is 0 Å². The van der Waals surface area contributed by atoms with Crippen molar-refractivity contribution in [3.8, 4) is 5.75 Å². The third kappa shape index (κ3) is 2.98. The highest BCUT2D eigenvalue weighted by atomic mass is 16.3. The standard InChI is InChI=1S/C16H17NO/c1-2-7-13-8-6-9-14(16(13)18)12-17-15-10-4-3-5-11-15/h3-6,8-12,18H,2,7H2,1H3. The van der Waals surface area contributed by atoms with Gasteiger partial charge in [0.25, 0.3) is 0 Å². The smallest absolute Gasteiger partial charge is 0.127 e. The molecule has 2 aromatic carbocycles. The van der Waals surface area contributed by atoms with Crippen LogP contribution in [0.1, 0.15) is 24.5 Å². The first-order valence-electron chi connectivity index (χ1n) is 6.21. The number of aryl methyl sites for hydroxylation is 1. The zero-order chi connectivity index (χ0) is 12.8. The Morgan fingerprint density at radius 1 is 1.06 bits per heavy atom. The van der Waals surface area contributed by atoms with Crippen molar-refractivity contribution in [2.24, 2.45) is 4.99 Å². The van der Waals surface area contributed by atoms with Crippen LogP contribution >= 0.6 is 0 Å². The van der Waals surface area contributed by atoms with Crippen molar-refractivity contribution >= 4 is 11.9 Å². The molecule has 0 aliphatic heterocycles. The lowest BCUT2D eigenvalue weighted by Gasteiger charge is -2.05. The fourth-order valence-corrected chi connectivity index (χ4v) is 1.84. The molecule has 92 valence electrons. The van der Waals surface area contributed by atoms with Crippen molar-refractivity contribution in [1.82, 2.24) is 0 Å². The van der Waals surface area contributed by atoms with E-state index in [0.717, 1.165) is 29.7 Å². The van der Waals surface area contributed by atoms with Crippen molar-refractivity contribution < 1.29 is 5.11 Å². The maximum Gasteiger partial charge on any atom is 0.127 e. The lowest BCUT2D eigenvalue weighted by Crippen LogP contribution is -1.89. The summed E-state index contributed by atoms with van der Waals surface area (Å²) in [7, 11) is 0. The highest BCUT2D eigenvalue weighted by Gasteiger charge is 2.03. The van der Waals surface area contributed by atoms with Gasteiger partial charge in [-0.25, -0.2) is 0 Å². The van der Waals surface area contributed by atoms with E-state index in [1.165, 1.54) is 0 Å². The molecule has 0 aromatic heterocycles. The van der Waals surface area contributed by atoms with Crippen LogP contribution in [0.5, 0.6) is 5.75 Å². The normalized spacial score (nSPS) is 10.9. The number of phenols is 1. The van der Waals surface area contributed by atoms with Gasteiger partial charge < -0.3 is 5.11 Å². The predicted molar refractivity (Wildman–Crippen MR) is 75.8 cm³/mol. The maximum atomic E-state index is 10.1. The minimum Gasteiger partial charge on any atom is -0.507 e. The van der Waals surface area contributed by atoms with Gasteiger partial charge in [-0.2, -0.15) is 0 Å². The molecule has 2 aromatic rings. The Labute approximate surface area is 108 Å². The molecular formula is C16H17NO. The largest absolute Gasteiger partial charge is 0.507 e. The summed E-state index contributed by atoms with van der Waals surface area (Å²) >= 11 is 0. The van der Waals surface area contributed by atoms with Crippen LogP contribution in [0.4, 0.5) is 5.69 Å². The van der Waals surface area contributed by atoms with Crippen LogP contribution in [0.3, 0.4) is 0 Å². The summed E-state index contributed by atoms with van der Waals surface area (Å²) in [6, 6.07) is 15.5. The maximum absolute atomic E-state index is 10.1. The molecule has 0 heterocycles. The molecule has 0 atom stereocenters. The zero-order valence-corrected chi connectivity index (χ0v) is 10.5. The fraction of sp³-hybridized carbons (Fsp3) is 0.188. The van der Waals surface area contributed by atoms with Crippen LogP contribution in [0.2, 0.25) is 0 Å². The number of nitrogens with zero attached hydrogens (tertiary/aromatic N) is 1. The molecular weight excluding hydrogens is 222 g/mol. The molecule has 2 heteroatoms. The summed E-state index contributed by atoms with van der Waals surface area (Å²) in [6.07, 6.45) is 3.62. The van der Waals surface area contributed by atoms with Gasteiger partial charge in [0, 0.05) is 11.8 Å². The summed E-state index contributed by atoms with van der Waals surface area (Å²) in [6.45, 7) is 2.10. The molecule has 0 bridgehead atoms. The Morgan fingerprint density at radius 3 is 2.56 bits per heavy atom. The highest BCUT2D eigenvalue weighted by molar-refractivity contribution is 5.85. The van der Waals surface area contributed by atoms with Gasteiger partial charge in [-0.3, -0.25) is 4.99 Å². The molecule has 0 saturated carbocycles. The molecule has 18 heavy (non-hydrogen) atoms. The summed E-state index contributed by atoms with van der Waals surface area (Å²) < 4.78 is 0. The minimum atomic E-state index is 0.346. The number of hydrogen-bond donors (Lipinski definition) is 1. The summed E-state index contributed by atoms with van der Waals surface area (Å²) in [5.41, 5.74) is 2.64. The van der Waals surface area contributed by atoms with Crippen LogP contribution in [-0.4, -0.2) is 11.3 Å². The summed E-state index contributed by atoms with van der Waals surface area (Å²) in [5.74, 6) is 0.346. The molecule has 0 aliphatic carbocycles. The molecule has 0 saturated heterocycles. The molecule has 0 fully saturated rings. The second-order valence-electron chi connectivity index (χ2n) is 4.20. The van der Waals surface area contributed by atoms with Gasteiger partial charge in [-0.1, -0.05) is 43.7 Å². The molecule has 2 nitrogen and oxygen atoms in total. The number of aromatic hydroxyl groups is 1. The SMILES string of the molecule is CCCc1cccc(C=Nc2ccccc2)c1O. The van der Waals surface area contributed by atoms with Gasteiger partial charge in [-0.05, 0) is 30.2 Å². The van der Waals surface area contributed by atoms with E-state index in [0.29, 0.717) is 5.75 Å². The van der Waals surface area contributed by atoms with Gasteiger partial charge in [0.1, 0.15) is 5.75 Å².